The summed E-state index contributed by atoms with van der Waals surface area (Å²) in [5.41, 5.74) is 4.71. The maximum atomic E-state index is 13.0. The minimum atomic E-state index is -1.29. The molecule has 26 heavy (non-hydrogen) atoms. The van der Waals surface area contributed by atoms with E-state index in [0.29, 0.717) is 0 Å². The molecule has 2 nitrogen and oxygen atoms in total. The molecule has 2 aromatic rings. The van der Waals surface area contributed by atoms with E-state index in [9.17, 15) is 4.79 Å². The summed E-state index contributed by atoms with van der Waals surface area (Å²) in [6.45, 7) is 4.15. The first-order valence-electron chi connectivity index (χ1n) is 9.83. The number of carbonyl (C=O) groups is 1. The minimum absolute atomic E-state index is 0.216. The molecule has 138 valence electrons. The number of anilines is 1. The van der Waals surface area contributed by atoms with Gasteiger partial charge in [0.25, 0.3) is 5.91 Å². The average Bonchev–Trinajstić information content (AvgIpc) is 2.85. The van der Waals surface area contributed by atoms with Crippen LogP contribution < -0.4 is 5.32 Å². The Bertz CT molecular complexity index is 713. The van der Waals surface area contributed by atoms with Crippen LogP contribution >= 0.6 is 7.26 Å². The van der Waals surface area contributed by atoms with Crippen LogP contribution in [0.2, 0.25) is 0 Å². The van der Waals surface area contributed by atoms with Crippen molar-refractivity contribution in [1.82, 2.24) is 0 Å². The van der Waals surface area contributed by atoms with Crippen molar-refractivity contribution in [2.24, 2.45) is 0 Å². The fourth-order valence-electron chi connectivity index (χ4n) is 4.20. The van der Waals surface area contributed by atoms with E-state index in [1.165, 1.54) is 43.6 Å². The number of rotatable bonds is 5. The monoisotopic (exact) mass is 368 g/mol. The average molecular weight is 368 g/mol. The Labute approximate surface area is 158 Å². The van der Waals surface area contributed by atoms with Gasteiger partial charge in [-0.15, -0.1) is 0 Å². The molecule has 0 saturated carbocycles. The second kappa shape index (κ2) is 8.82. The molecule has 3 heteroatoms. The van der Waals surface area contributed by atoms with Crippen molar-refractivity contribution < 1.29 is 4.79 Å². The van der Waals surface area contributed by atoms with Crippen molar-refractivity contribution in [2.75, 3.05) is 23.8 Å². The molecular weight excluding hydrogens is 337 g/mol. The van der Waals surface area contributed by atoms with Crippen LogP contribution in [0.3, 0.4) is 0 Å². The molecule has 1 N–H and O–H groups in total. The largest absolute Gasteiger partial charge is 0.322 e. The molecule has 0 radical (unpaired) electrons. The van der Waals surface area contributed by atoms with Gasteiger partial charge in [-0.3, -0.25) is 4.79 Å². The molecule has 1 aliphatic heterocycles. The third-order valence-corrected chi connectivity index (χ3v) is 10.1. The standard InChI is InChI=1S/C23H30NOP/c1-19-11-10-12-20(2)23(19)24-22(25)18-26(15-8-3-4-9-16-26)17-21-13-6-5-7-14-21/h5-7,10-14H,3-4,8-9,15-18H2,1-2H3/p+1. The van der Waals surface area contributed by atoms with Gasteiger partial charge in [-0.25, -0.2) is 0 Å². The third-order valence-electron chi connectivity index (χ3n) is 5.60. The normalized spacial score (nSPS) is 16.7. The highest BCUT2D eigenvalue weighted by molar-refractivity contribution is 7.76. The van der Waals surface area contributed by atoms with Crippen LogP contribution in [-0.4, -0.2) is 24.4 Å². The summed E-state index contributed by atoms with van der Waals surface area (Å²) >= 11 is 0. The van der Waals surface area contributed by atoms with Gasteiger partial charge in [0.1, 0.15) is 6.16 Å². The highest BCUT2D eigenvalue weighted by Gasteiger charge is 2.40. The lowest BCUT2D eigenvalue weighted by molar-refractivity contribution is -0.113. The Morgan fingerprint density at radius 1 is 0.885 bits per heavy atom. The lowest BCUT2D eigenvalue weighted by atomic mass is 10.1. The van der Waals surface area contributed by atoms with Gasteiger partial charge in [0.15, 0.2) is 0 Å². The second-order valence-electron chi connectivity index (χ2n) is 7.82. The van der Waals surface area contributed by atoms with E-state index in [-0.39, 0.29) is 5.91 Å². The molecule has 1 aliphatic rings. The first-order valence-corrected chi connectivity index (χ1v) is 12.4. The summed E-state index contributed by atoms with van der Waals surface area (Å²) in [6.07, 6.45) is 9.62. The molecule has 0 atom stereocenters. The number of aryl methyl sites for hydroxylation is 2. The van der Waals surface area contributed by atoms with Crippen LogP contribution in [0.5, 0.6) is 0 Å². The summed E-state index contributed by atoms with van der Waals surface area (Å²) < 4.78 is 0. The maximum absolute atomic E-state index is 13.0. The van der Waals surface area contributed by atoms with Crippen LogP contribution in [0.15, 0.2) is 48.5 Å². The molecule has 0 spiro atoms. The smallest absolute Gasteiger partial charge is 0.261 e. The second-order valence-corrected chi connectivity index (χ2v) is 12.0. The van der Waals surface area contributed by atoms with Crippen molar-refractivity contribution in [3.63, 3.8) is 0 Å². The van der Waals surface area contributed by atoms with E-state index in [1.54, 1.807) is 0 Å². The zero-order chi connectivity index (χ0) is 18.4. The topological polar surface area (TPSA) is 29.1 Å². The van der Waals surface area contributed by atoms with Crippen LogP contribution in [0.25, 0.3) is 0 Å². The fraction of sp³-hybridized carbons (Fsp3) is 0.435. The van der Waals surface area contributed by atoms with Crippen LogP contribution in [-0.2, 0) is 11.0 Å². The number of para-hydroxylation sites is 1. The first-order chi connectivity index (χ1) is 12.6. The van der Waals surface area contributed by atoms with Crippen LogP contribution in [0.4, 0.5) is 5.69 Å². The van der Waals surface area contributed by atoms with E-state index < -0.39 is 7.26 Å². The van der Waals surface area contributed by atoms with Crippen molar-refractivity contribution in [3.05, 3.63) is 65.2 Å². The molecule has 0 bridgehead atoms. The SMILES string of the molecule is Cc1cccc(C)c1NC(=O)C[P+]1(Cc2ccccc2)CCCCCC1. The van der Waals surface area contributed by atoms with E-state index in [0.717, 1.165) is 29.1 Å². The molecule has 2 aromatic carbocycles. The Hall–Kier alpha value is -1.66. The Kier molecular flexibility index (Phi) is 6.48. The van der Waals surface area contributed by atoms with Crippen molar-refractivity contribution in [2.45, 2.75) is 45.7 Å². The Balaban J connectivity index is 1.77. The number of carbonyl (C=O) groups excluding carboxylic acids is 1. The molecule has 0 unspecified atom stereocenters. The molecule has 3 rings (SSSR count). The zero-order valence-corrected chi connectivity index (χ0v) is 17.0. The van der Waals surface area contributed by atoms with E-state index in [1.807, 2.05) is 0 Å². The molecule has 1 heterocycles. The highest BCUT2D eigenvalue weighted by atomic mass is 31.2. The summed E-state index contributed by atoms with van der Waals surface area (Å²) in [5.74, 6) is 0.216. The van der Waals surface area contributed by atoms with E-state index in [2.05, 4.69) is 67.7 Å². The van der Waals surface area contributed by atoms with Crippen molar-refractivity contribution in [1.29, 1.82) is 0 Å². The van der Waals surface area contributed by atoms with Crippen LogP contribution in [0, 0.1) is 13.8 Å². The summed E-state index contributed by atoms with van der Waals surface area (Å²) in [5, 5.41) is 3.25. The van der Waals surface area contributed by atoms with Crippen LogP contribution in [0.1, 0.15) is 42.4 Å². The highest BCUT2D eigenvalue weighted by Crippen LogP contribution is 2.63. The predicted octanol–water partition coefficient (Wildman–Crippen LogP) is 6.03. The van der Waals surface area contributed by atoms with Gasteiger partial charge in [-0.2, -0.15) is 0 Å². The molecule has 0 aromatic heterocycles. The van der Waals surface area contributed by atoms with Crippen molar-refractivity contribution in [3.8, 4) is 0 Å². The van der Waals surface area contributed by atoms with Gasteiger partial charge in [0.05, 0.1) is 18.5 Å². The number of amides is 1. The maximum Gasteiger partial charge on any atom is 0.261 e. The predicted molar refractivity (Wildman–Crippen MR) is 115 cm³/mol. The molecule has 1 amide bonds. The number of hydrogen-bond donors (Lipinski definition) is 1. The minimum Gasteiger partial charge on any atom is -0.322 e. The number of hydrogen-bond acceptors (Lipinski definition) is 1. The van der Waals surface area contributed by atoms with Gasteiger partial charge in [0.2, 0.25) is 0 Å². The fourth-order valence-corrected chi connectivity index (χ4v) is 8.63. The van der Waals surface area contributed by atoms with Gasteiger partial charge in [0, 0.05) is 12.9 Å². The molecule has 0 aliphatic carbocycles. The third kappa shape index (κ3) is 4.95. The Morgan fingerprint density at radius 2 is 1.50 bits per heavy atom. The summed E-state index contributed by atoms with van der Waals surface area (Å²) in [4.78, 5) is 13.0. The van der Waals surface area contributed by atoms with Gasteiger partial charge in [-0.05, 0) is 56.2 Å². The van der Waals surface area contributed by atoms with Gasteiger partial charge >= 0.3 is 0 Å². The van der Waals surface area contributed by atoms with Gasteiger partial charge in [-0.1, -0.05) is 48.5 Å². The number of nitrogens with one attached hydrogen (secondary N) is 1. The van der Waals surface area contributed by atoms with Crippen molar-refractivity contribution >= 4 is 18.9 Å². The molecule has 1 saturated heterocycles. The van der Waals surface area contributed by atoms with E-state index in [4.69, 9.17) is 0 Å². The molecular formula is C23H31NOP+. The lowest BCUT2D eigenvalue weighted by Gasteiger charge is -2.26. The quantitative estimate of drug-likeness (QED) is 0.641. The molecule has 1 fully saturated rings. The summed E-state index contributed by atoms with van der Waals surface area (Å²) in [7, 11) is -1.29. The van der Waals surface area contributed by atoms with Gasteiger partial charge < -0.3 is 5.32 Å². The lowest BCUT2D eigenvalue weighted by Crippen LogP contribution is -2.23. The zero-order valence-electron chi connectivity index (χ0n) is 16.1. The first kappa shape index (κ1) is 19.1. The van der Waals surface area contributed by atoms with E-state index >= 15 is 0 Å². The Morgan fingerprint density at radius 3 is 2.12 bits per heavy atom. The number of benzene rings is 2. The summed E-state index contributed by atoms with van der Waals surface area (Å²) in [6, 6.07) is 17.0.